The van der Waals surface area contributed by atoms with E-state index in [1.807, 2.05) is 0 Å². The quantitative estimate of drug-likeness (QED) is 0.727. The molecule has 2 N–H and O–H groups in total. The van der Waals surface area contributed by atoms with Crippen LogP contribution in [0.3, 0.4) is 0 Å². The first-order valence-corrected chi connectivity index (χ1v) is 8.56. The first kappa shape index (κ1) is 16.2. The summed E-state index contributed by atoms with van der Waals surface area (Å²) < 4.78 is 40.4. The lowest BCUT2D eigenvalue weighted by atomic mass is 9.91. The number of hydrogen-bond acceptors (Lipinski definition) is 1. The number of H-pyrrole nitrogens is 1. The highest BCUT2D eigenvalue weighted by Crippen LogP contribution is 2.31. The molecule has 5 heteroatoms. The number of fused-ring (bicyclic) bond motifs is 3. The minimum Gasteiger partial charge on any atom is -0.356 e. The summed E-state index contributed by atoms with van der Waals surface area (Å²) in [5.41, 5.74) is 3.51. The molecule has 0 saturated carbocycles. The zero-order valence-corrected chi connectivity index (χ0v) is 13.7. The summed E-state index contributed by atoms with van der Waals surface area (Å²) in [6.07, 6.45) is 3.34. The Morgan fingerprint density at radius 1 is 1.04 bits per heavy atom. The maximum Gasteiger partial charge on any atom is 0.150 e. The molecule has 1 aliphatic rings. The Bertz CT molecular complexity index is 899. The van der Waals surface area contributed by atoms with E-state index in [-0.39, 0.29) is 11.9 Å². The fourth-order valence-corrected chi connectivity index (χ4v) is 3.69. The van der Waals surface area contributed by atoms with E-state index in [1.54, 1.807) is 12.1 Å². The molecule has 0 spiro atoms. The van der Waals surface area contributed by atoms with Crippen molar-refractivity contribution in [3.63, 3.8) is 0 Å². The molecule has 3 aromatic rings. The van der Waals surface area contributed by atoms with Crippen LogP contribution in [0.25, 0.3) is 10.9 Å². The smallest absolute Gasteiger partial charge is 0.150 e. The largest absolute Gasteiger partial charge is 0.356 e. The van der Waals surface area contributed by atoms with Crippen LogP contribution in [0, 0.1) is 17.5 Å². The Kier molecular flexibility index (Phi) is 4.25. The molecular formula is C20H19F3N2. The summed E-state index contributed by atoms with van der Waals surface area (Å²) >= 11 is 0. The van der Waals surface area contributed by atoms with Crippen LogP contribution in [0.5, 0.6) is 0 Å². The molecule has 0 amide bonds. The third kappa shape index (κ3) is 3.29. The molecule has 130 valence electrons. The number of aromatic amines is 1. The molecule has 0 aliphatic heterocycles. The van der Waals surface area contributed by atoms with E-state index >= 15 is 0 Å². The van der Waals surface area contributed by atoms with Crippen molar-refractivity contribution in [3.05, 3.63) is 70.7 Å². The Morgan fingerprint density at radius 3 is 2.64 bits per heavy atom. The second kappa shape index (κ2) is 6.56. The van der Waals surface area contributed by atoms with Crippen LogP contribution in [-0.2, 0) is 19.3 Å². The summed E-state index contributed by atoms with van der Waals surface area (Å²) in [4.78, 5) is 3.11. The van der Waals surface area contributed by atoms with E-state index in [9.17, 15) is 13.2 Å². The number of hydrogen-bond donors (Lipinski definition) is 2. The van der Waals surface area contributed by atoms with Gasteiger partial charge in [0.25, 0.3) is 0 Å². The second-order valence-corrected chi connectivity index (χ2v) is 6.66. The highest BCUT2D eigenvalue weighted by atomic mass is 19.1. The SMILES string of the molecule is Fc1ccc(CCNC2CCc3[nH]c4c(F)cc(F)cc4c3C2)cc1. The van der Waals surface area contributed by atoms with Gasteiger partial charge in [0.2, 0.25) is 0 Å². The lowest BCUT2D eigenvalue weighted by Crippen LogP contribution is -2.35. The molecule has 4 rings (SSSR count). The number of aromatic nitrogens is 1. The molecule has 2 nitrogen and oxygen atoms in total. The normalized spacial score (nSPS) is 17.0. The van der Waals surface area contributed by atoms with Crippen LogP contribution < -0.4 is 5.32 Å². The van der Waals surface area contributed by atoms with Crippen LogP contribution in [-0.4, -0.2) is 17.6 Å². The lowest BCUT2D eigenvalue weighted by molar-refractivity contribution is 0.460. The van der Waals surface area contributed by atoms with Crippen molar-refractivity contribution in [2.45, 2.75) is 31.7 Å². The molecule has 1 atom stereocenters. The van der Waals surface area contributed by atoms with Crippen molar-refractivity contribution in [2.24, 2.45) is 0 Å². The van der Waals surface area contributed by atoms with Crippen molar-refractivity contribution in [2.75, 3.05) is 6.54 Å². The molecule has 2 aromatic carbocycles. The Morgan fingerprint density at radius 2 is 1.84 bits per heavy atom. The fraction of sp³-hybridized carbons (Fsp3) is 0.300. The minimum absolute atomic E-state index is 0.227. The minimum atomic E-state index is -0.543. The standard InChI is InChI=1S/C20H19F3N2/c21-13-3-1-12(2-4-13)7-8-24-15-5-6-19-16(11-15)17-9-14(22)10-18(23)20(17)25-19/h1-4,9-10,15,24-25H,5-8,11H2. The number of aryl methyl sites for hydroxylation is 1. The van der Waals surface area contributed by atoms with Gasteiger partial charge >= 0.3 is 0 Å². The zero-order chi connectivity index (χ0) is 17.4. The maximum absolute atomic E-state index is 13.9. The van der Waals surface area contributed by atoms with Crippen molar-refractivity contribution >= 4 is 10.9 Å². The Balaban J connectivity index is 1.44. The maximum atomic E-state index is 13.9. The highest BCUT2D eigenvalue weighted by Gasteiger charge is 2.23. The predicted octanol–water partition coefficient (Wildman–Crippen LogP) is 4.27. The molecule has 0 saturated heterocycles. The van der Waals surface area contributed by atoms with Crippen LogP contribution in [0.1, 0.15) is 23.2 Å². The van der Waals surface area contributed by atoms with Gasteiger partial charge in [0.15, 0.2) is 0 Å². The summed E-state index contributed by atoms with van der Waals surface area (Å²) in [5, 5.41) is 4.16. The number of halogens is 3. The van der Waals surface area contributed by atoms with Crippen molar-refractivity contribution in [1.29, 1.82) is 0 Å². The van der Waals surface area contributed by atoms with E-state index in [0.717, 1.165) is 55.1 Å². The first-order chi connectivity index (χ1) is 12.1. The summed E-state index contributed by atoms with van der Waals surface area (Å²) in [5.74, 6) is -1.31. The van der Waals surface area contributed by atoms with Gasteiger partial charge in [-0.3, -0.25) is 0 Å². The van der Waals surface area contributed by atoms with Crippen LogP contribution in [0.15, 0.2) is 36.4 Å². The van der Waals surface area contributed by atoms with E-state index in [0.29, 0.717) is 10.9 Å². The molecule has 1 aromatic heterocycles. The van der Waals surface area contributed by atoms with Gasteiger partial charge in [-0.05, 0) is 61.6 Å². The average molecular weight is 344 g/mol. The topological polar surface area (TPSA) is 27.8 Å². The van der Waals surface area contributed by atoms with Gasteiger partial charge < -0.3 is 10.3 Å². The third-order valence-electron chi connectivity index (χ3n) is 4.97. The molecule has 1 aliphatic carbocycles. The summed E-state index contributed by atoms with van der Waals surface area (Å²) in [6.45, 7) is 0.788. The molecular weight excluding hydrogens is 325 g/mol. The molecule has 0 bridgehead atoms. The molecule has 0 radical (unpaired) electrons. The van der Waals surface area contributed by atoms with Gasteiger partial charge in [-0.2, -0.15) is 0 Å². The summed E-state index contributed by atoms with van der Waals surface area (Å²) in [6, 6.07) is 9.13. The van der Waals surface area contributed by atoms with E-state index < -0.39 is 11.6 Å². The van der Waals surface area contributed by atoms with Crippen molar-refractivity contribution < 1.29 is 13.2 Å². The van der Waals surface area contributed by atoms with Gasteiger partial charge in [0, 0.05) is 23.2 Å². The van der Waals surface area contributed by atoms with Crippen molar-refractivity contribution in [3.8, 4) is 0 Å². The molecule has 1 unspecified atom stereocenters. The first-order valence-electron chi connectivity index (χ1n) is 8.56. The van der Waals surface area contributed by atoms with Gasteiger partial charge in [-0.15, -0.1) is 0 Å². The highest BCUT2D eigenvalue weighted by molar-refractivity contribution is 5.85. The molecule has 25 heavy (non-hydrogen) atoms. The lowest BCUT2D eigenvalue weighted by Gasteiger charge is -2.23. The predicted molar refractivity (Wildman–Crippen MR) is 92.1 cm³/mol. The summed E-state index contributed by atoms with van der Waals surface area (Å²) in [7, 11) is 0. The third-order valence-corrected chi connectivity index (χ3v) is 4.97. The fourth-order valence-electron chi connectivity index (χ4n) is 3.69. The van der Waals surface area contributed by atoms with Gasteiger partial charge in [0.05, 0.1) is 5.52 Å². The monoisotopic (exact) mass is 344 g/mol. The second-order valence-electron chi connectivity index (χ2n) is 6.66. The Hall–Kier alpha value is -2.27. The average Bonchev–Trinajstić information content (AvgIpc) is 2.95. The van der Waals surface area contributed by atoms with Gasteiger partial charge in [-0.25, -0.2) is 13.2 Å². The molecule has 1 heterocycles. The Labute approximate surface area is 144 Å². The van der Waals surface area contributed by atoms with E-state index in [4.69, 9.17) is 0 Å². The van der Waals surface area contributed by atoms with Crippen LogP contribution >= 0.6 is 0 Å². The van der Waals surface area contributed by atoms with Crippen LogP contribution in [0.4, 0.5) is 13.2 Å². The molecule has 0 fully saturated rings. The number of nitrogens with one attached hydrogen (secondary N) is 2. The van der Waals surface area contributed by atoms with E-state index in [1.165, 1.54) is 18.2 Å². The van der Waals surface area contributed by atoms with Crippen LogP contribution in [0.2, 0.25) is 0 Å². The number of benzene rings is 2. The van der Waals surface area contributed by atoms with Gasteiger partial charge in [0.1, 0.15) is 17.5 Å². The van der Waals surface area contributed by atoms with Gasteiger partial charge in [-0.1, -0.05) is 12.1 Å². The number of rotatable bonds is 4. The van der Waals surface area contributed by atoms with Crippen molar-refractivity contribution in [1.82, 2.24) is 10.3 Å². The zero-order valence-electron chi connectivity index (χ0n) is 13.7. The van der Waals surface area contributed by atoms with E-state index in [2.05, 4.69) is 10.3 Å².